The van der Waals surface area contributed by atoms with E-state index in [1.54, 1.807) is 14.2 Å². The molecule has 0 aromatic carbocycles. The molecule has 1 saturated carbocycles. The van der Waals surface area contributed by atoms with Gasteiger partial charge >= 0.3 is 0 Å². The Balaban J connectivity index is 2.33. The van der Waals surface area contributed by atoms with Crippen LogP contribution in [0.2, 0.25) is 0 Å². The summed E-state index contributed by atoms with van der Waals surface area (Å²) < 4.78 is 10.3. The van der Waals surface area contributed by atoms with Crippen LogP contribution < -0.4 is 0 Å². The lowest BCUT2D eigenvalue weighted by molar-refractivity contribution is -0.000254. The first-order valence-corrected chi connectivity index (χ1v) is 5.27. The van der Waals surface area contributed by atoms with Crippen LogP contribution in [-0.2, 0) is 9.47 Å². The van der Waals surface area contributed by atoms with Crippen molar-refractivity contribution >= 4 is 8.38 Å². The molecule has 5 heteroatoms. The molecular formula is C7H15O4P. The van der Waals surface area contributed by atoms with Gasteiger partial charge in [-0.15, -0.1) is 0 Å². The van der Waals surface area contributed by atoms with Crippen LogP contribution in [0.5, 0.6) is 0 Å². The van der Waals surface area contributed by atoms with Crippen LogP contribution >= 0.6 is 8.38 Å². The van der Waals surface area contributed by atoms with E-state index in [4.69, 9.17) is 19.3 Å². The van der Waals surface area contributed by atoms with Crippen LogP contribution in [-0.4, -0.2) is 42.4 Å². The van der Waals surface area contributed by atoms with Gasteiger partial charge in [-0.1, -0.05) is 0 Å². The van der Waals surface area contributed by atoms with E-state index in [-0.39, 0.29) is 11.5 Å². The summed E-state index contributed by atoms with van der Waals surface area (Å²) in [5.74, 6) is 0.253. The van der Waals surface area contributed by atoms with E-state index in [0.29, 0.717) is 12.8 Å². The lowest BCUT2D eigenvalue weighted by atomic mass is 10.3. The minimum absolute atomic E-state index is 0.235. The second kappa shape index (κ2) is 3.99. The van der Waals surface area contributed by atoms with Gasteiger partial charge in [0.1, 0.15) is 0 Å². The first-order valence-electron chi connectivity index (χ1n) is 3.84. The monoisotopic (exact) mass is 194 g/mol. The maximum absolute atomic E-state index is 8.78. The Morgan fingerprint density at radius 2 is 2.17 bits per heavy atom. The molecule has 1 aliphatic rings. The van der Waals surface area contributed by atoms with E-state index >= 15 is 0 Å². The zero-order valence-electron chi connectivity index (χ0n) is 7.36. The van der Waals surface area contributed by atoms with Gasteiger partial charge in [0.05, 0.1) is 12.2 Å². The van der Waals surface area contributed by atoms with Crippen molar-refractivity contribution in [3.8, 4) is 0 Å². The van der Waals surface area contributed by atoms with Gasteiger partial charge in [-0.2, -0.15) is 0 Å². The summed E-state index contributed by atoms with van der Waals surface area (Å²) in [7, 11) is 1.47. The van der Waals surface area contributed by atoms with Gasteiger partial charge in [0.2, 0.25) is 0 Å². The van der Waals surface area contributed by atoms with Gasteiger partial charge < -0.3 is 19.3 Å². The maximum Gasteiger partial charge on any atom is 0.165 e. The number of ether oxygens (including phenoxy) is 2. The third-order valence-electron chi connectivity index (χ3n) is 2.35. The molecule has 1 rings (SSSR count). The fourth-order valence-electron chi connectivity index (χ4n) is 1.52. The smallest absolute Gasteiger partial charge is 0.165 e. The minimum Gasteiger partial charge on any atom is -0.382 e. The third kappa shape index (κ3) is 2.15. The predicted molar refractivity (Wildman–Crippen MR) is 45.9 cm³/mol. The van der Waals surface area contributed by atoms with Crippen molar-refractivity contribution in [3.63, 3.8) is 0 Å². The summed E-state index contributed by atoms with van der Waals surface area (Å²) in [4.78, 5) is 17.6. The highest BCUT2D eigenvalue weighted by atomic mass is 31.2. The van der Waals surface area contributed by atoms with Crippen LogP contribution in [0.1, 0.15) is 6.42 Å². The first kappa shape index (κ1) is 10.4. The number of rotatable bonds is 5. The topological polar surface area (TPSA) is 58.9 Å². The first-order chi connectivity index (χ1) is 5.64. The Labute approximate surface area is 73.4 Å². The summed E-state index contributed by atoms with van der Waals surface area (Å²) in [5.41, 5.74) is -0.235. The molecule has 2 unspecified atom stereocenters. The van der Waals surface area contributed by atoms with Crippen LogP contribution in [0.4, 0.5) is 0 Å². The zero-order valence-corrected chi connectivity index (χ0v) is 8.25. The van der Waals surface area contributed by atoms with E-state index in [1.165, 1.54) is 0 Å². The SMILES string of the molecule is COCC1(OC)CC1CP(O)O. The molecular weight excluding hydrogens is 179 g/mol. The van der Waals surface area contributed by atoms with Gasteiger partial charge in [0.25, 0.3) is 0 Å². The van der Waals surface area contributed by atoms with Crippen molar-refractivity contribution in [3.05, 3.63) is 0 Å². The summed E-state index contributed by atoms with van der Waals surface area (Å²) in [6.45, 7) is 0.539. The Bertz CT molecular complexity index is 152. The van der Waals surface area contributed by atoms with Crippen molar-refractivity contribution in [1.82, 2.24) is 0 Å². The average Bonchev–Trinajstić information content (AvgIpc) is 2.64. The van der Waals surface area contributed by atoms with Crippen molar-refractivity contribution in [1.29, 1.82) is 0 Å². The molecule has 1 aliphatic carbocycles. The second-order valence-corrected chi connectivity index (χ2v) is 4.27. The van der Waals surface area contributed by atoms with Crippen LogP contribution in [0, 0.1) is 5.92 Å². The van der Waals surface area contributed by atoms with Crippen molar-refractivity contribution in [2.24, 2.45) is 5.92 Å². The predicted octanol–water partition coefficient (Wildman–Crippen LogP) is 0.334. The number of hydrogen-bond donors (Lipinski definition) is 2. The molecule has 0 radical (unpaired) electrons. The van der Waals surface area contributed by atoms with Crippen LogP contribution in [0.15, 0.2) is 0 Å². The molecule has 12 heavy (non-hydrogen) atoms. The van der Waals surface area contributed by atoms with E-state index in [9.17, 15) is 0 Å². The standard InChI is InChI=1S/C7H15O4P/c1-10-5-7(11-2)3-6(7)4-12(8)9/h6,8-9H,3-5H2,1-2H3. The van der Waals surface area contributed by atoms with Gasteiger partial charge in [0, 0.05) is 26.3 Å². The largest absolute Gasteiger partial charge is 0.382 e. The molecule has 0 saturated heterocycles. The van der Waals surface area contributed by atoms with Crippen LogP contribution in [0.3, 0.4) is 0 Å². The molecule has 1 fully saturated rings. The highest BCUT2D eigenvalue weighted by Crippen LogP contribution is 2.51. The molecule has 0 aliphatic heterocycles. The minimum atomic E-state index is -1.79. The molecule has 0 heterocycles. The Morgan fingerprint density at radius 3 is 2.58 bits per heavy atom. The van der Waals surface area contributed by atoms with E-state index in [1.807, 2.05) is 0 Å². The lowest BCUT2D eigenvalue weighted by Gasteiger charge is -2.14. The Kier molecular flexibility index (Phi) is 3.44. The molecule has 0 amide bonds. The normalized spacial score (nSPS) is 34.2. The Hall–Kier alpha value is 0.270. The summed E-state index contributed by atoms with van der Waals surface area (Å²) >= 11 is 0. The van der Waals surface area contributed by atoms with Gasteiger partial charge in [-0.25, -0.2) is 0 Å². The van der Waals surface area contributed by atoms with Gasteiger partial charge in [-0.3, -0.25) is 0 Å². The van der Waals surface area contributed by atoms with Gasteiger partial charge in [-0.05, 0) is 6.42 Å². The van der Waals surface area contributed by atoms with Crippen LogP contribution in [0.25, 0.3) is 0 Å². The summed E-state index contributed by atoms with van der Waals surface area (Å²) in [6, 6.07) is 0. The van der Waals surface area contributed by atoms with Crippen molar-refractivity contribution < 1.29 is 19.3 Å². The fourth-order valence-corrected chi connectivity index (χ4v) is 2.37. The molecule has 0 aromatic rings. The van der Waals surface area contributed by atoms with Crippen molar-refractivity contribution in [2.45, 2.75) is 12.0 Å². The van der Waals surface area contributed by atoms with Gasteiger partial charge in [0.15, 0.2) is 8.38 Å². The maximum atomic E-state index is 8.78. The van der Waals surface area contributed by atoms with E-state index < -0.39 is 8.38 Å². The molecule has 2 N–H and O–H groups in total. The van der Waals surface area contributed by atoms with E-state index in [2.05, 4.69) is 0 Å². The Morgan fingerprint density at radius 1 is 1.50 bits per heavy atom. The molecule has 0 bridgehead atoms. The number of hydrogen-bond acceptors (Lipinski definition) is 4. The second-order valence-electron chi connectivity index (χ2n) is 3.16. The number of methoxy groups -OCH3 is 2. The molecule has 72 valence electrons. The molecule has 2 atom stereocenters. The van der Waals surface area contributed by atoms with Crippen molar-refractivity contribution in [2.75, 3.05) is 27.0 Å². The highest BCUT2D eigenvalue weighted by molar-refractivity contribution is 7.45. The van der Waals surface area contributed by atoms with E-state index in [0.717, 1.165) is 6.42 Å². The lowest BCUT2D eigenvalue weighted by Crippen LogP contribution is -2.22. The molecule has 0 spiro atoms. The summed E-state index contributed by atoms with van der Waals surface area (Å²) in [5, 5.41) is 0. The quantitative estimate of drug-likeness (QED) is 0.619. The molecule has 0 aromatic heterocycles. The third-order valence-corrected chi connectivity index (χ3v) is 3.12. The zero-order chi connectivity index (χ0) is 9.19. The fraction of sp³-hybridized carbons (Fsp3) is 1.00. The summed E-state index contributed by atoms with van der Waals surface area (Å²) in [6.07, 6.45) is 1.31. The highest BCUT2D eigenvalue weighted by Gasteiger charge is 2.55. The molecule has 4 nitrogen and oxygen atoms in total. The average molecular weight is 194 g/mol.